The van der Waals surface area contributed by atoms with Crippen LogP contribution in [-0.4, -0.2) is 17.3 Å². The minimum atomic E-state index is -0.499. The van der Waals surface area contributed by atoms with E-state index in [0.29, 0.717) is 6.42 Å². The van der Waals surface area contributed by atoms with Crippen LogP contribution < -0.4 is 5.73 Å². The van der Waals surface area contributed by atoms with Crippen molar-refractivity contribution < 1.29 is 5.11 Å². The zero-order valence-corrected chi connectivity index (χ0v) is 7.33. The van der Waals surface area contributed by atoms with Crippen LogP contribution in [0.3, 0.4) is 0 Å². The Morgan fingerprint density at radius 3 is 2.42 bits per heavy atom. The van der Waals surface area contributed by atoms with Gasteiger partial charge in [0.05, 0.1) is 6.61 Å². The molecular weight excluding hydrogens is 150 g/mol. The van der Waals surface area contributed by atoms with Gasteiger partial charge in [0.15, 0.2) is 0 Å². The first-order valence-corrected chi connectivity index (χ1v) is 4.08. The lowest BCUT2D eigenvalue weighted by Crippen LogP contribution is -2.42. The van der Waals surface area contributed by atoms with Gasteiger partial charge in [-0.1, -0.05) is 30.3 Å². The minimum Gasteiger partial charge on any atom is -0.394 e. The summed E-state index contributed by atoms with van der Waals surface area (Å²) in [6.07, 6.45) is 0.713. The van der Waals surface area contributed by atoms with Crippen molar-refractivity contribution in [3.63, 3.8) is 0 Å². The van der Waals surface area contributed by atoms with Crippen LogP contribution in [-0.2, 0) is 6.42 Å². The third-order valence-corrected chi connectivity index (χ3v) is 1.81. The molecule has 12 heavy (non-hydrogen) atoms. The standard InChI is InChI=1S/C10H15NO/c1-10(11,8-12)7-9-5-3-2-4-6-9/h2-6,12H,7-8,11H2,1H3/t10-/m1/s1. The molecule has 1 aromatic carbocycles. The highest BCUT2D eigenvalue weighted by Gasteiger charge is 2.16. The predicted octanol–water partition coefficient (Wildman–Crippen LogP) is 0.939. The molecule has 1 aromatic rings. The smallest absolute Gasteiger partial charge is 0.0611 e. The van der Waals surface area contributed by atoms with Gasteiger partial charge in [-0.3, -0.25) is 0 Å². The lowest BCUT2D eigenvalue weighted by Gasteiger charge is -2.21. The summed E-state index contributed by atoms with van der Waals surface area (Å²) in [7, 11) is 0. The van der Waals surface area contributed by atoms with E-state index in [9.17, 15) is 0 Å². The summed E-state index contributed by atoms with van der Waals surface area (Å²) in [6, 6.07) is 9.95. The summed E-state index contributed by atoms with van der Waals surface area (Å²) in [5.41, 5.74) is 6.46. The van der Waals surface area contributed by atoms with Gasteiger partial charge in [0, 0.05) is 5.54 Å². The third kappa shape index (κ3) is 2.64. The molecule has 0 saturated carbocycles. The van der Waals surface area contributed by atoms with Crippen LogP contribution in [0.25, 0.3) is 0 Å². The molecule has 0 bridgehead atoms. The van der Waals surface area contributed by atoms with Crippen molar-refractivity contribution in [3.05, 3.63) is 35.9 Å². The monoisotopic (exact) mass is 165 g/mol. The molecule has 0 aliphatic rings. The zero-order valence-electron chi connectivity index (χ0n) is 7.33. The van der Waals surface area contributed by atoms with Crippen molar-refractivity contribution in [1.82, 2.24) is 0 Å². The van der Waals surface area contributed by atoms with E-state index in [4.69, 9.17) is 10.8 Å². The summed E-state index contributed by atoms with van der Waals surface area (Å²) in [5, 5.41) is 8.93. The Bertz CT molecular complexity index is 231. The minimum absolute atomic E-state index is 0.0158. The molecule has 2 nitrogen and oxygen atoms in total. The van der Waals surface area contributed by atoms with Crippen LogP contribution in [0.1, 0.15) is 12.5 Å². The second kappa shape index (κ2) is 3.70. The number of hydrogen-bond acceptors (Lipinski definition) is 2. The molecule has 0 aliphatic carbocycles. The van der Waals surface area contributed by atoms with Gasteiger partial charge >= 0.3 is 0 Å². The fraction of sp³-hybridized carbons (Fsp3) is 0.400. The molecule has 0 spiro atoms. The van der Waals surface area contributed by atoms with Crippen molar-refractivity contribution >= 4 is 0 Å². The molecule has 66 valence electrons. The summed E-state index contributed by atoms with van der Waals surface area (Å²) < 4.78 is 0. The molecule has 0 unspecified atom stereocenters. The number of aliphatic hydroxyl groups excluding tert-OH is 1. The maximum absolute atomic E-state index is 8.93. The maximum Gasteiger partial charge on any atom is 0.0611 e. The van der Waals surface area contributed by atoms with Crippen LogP contribution in [0.15, 0.2) is 30.3 Å². The Morgan fingerprint density at radius 1 is 1.33 bits per heavy atom. The van der Waals surface area contributed by atoms with E-state index in [2.05, 4.69) is 0 Å². The summed E-state index contributed by atoms with van der Waals surface area (Å²) >= 11 is 0. The Labute approximate surface area is 73.0 Å². The van der Waals surface area contributed by atoms with Crippen molar-refractivity contribution in [3.8, 4) is 0 Å². The highest BCUT2D eigenvalue weighted by Crippen LogP contribution is 2.09. The first-order valence-electron chi connectivity index (χ1n) is 4.08. The fourth-order valence-corrected chi connectivity index (χ4v) is 1.12. The van der Waals surface area contributed by atoms with Crippen molar-refractivity contribution in [2.75, 3.05) is 6.61 Å². The van der Waals surface area contributed by atoms with Gasteiger partial charge < -0.3 is 10.8 Å². The number of aliphatic hydroxyl groups is 1. The van der Waals surface area contributed by atoms with E-state index < -0.39 is 5.54 Å². The molecule has 1 atom stereocenters. The van der Waals surface area contributed by atoms with Gasteiger partial charge in [-0.05, 0) is 18.9 Å². The molecule has 3 N–H and O–H groups in total. The SMILES string of the molecule is C[C@](N)(CO)Cc1ccccc1. The first-order chi connectivity index (χ1) is 5.64. The molecule has 0 saturated heterocycles. The Balaban J connectivity index is 2.64. The topological polar surface area (TPSA) is 46.2 Å². The molecule has 0 aromatic heterocycles. The van der Waals surface area contributed by atoms with Crippen molar-refractivity contribution in [2.45, 2.75) is 18.9 Å². The van der Waals surface area contributed by atoms with Crippen molar-refractivity contribution in [2.24, 2.45) is 5.73 Å². The van der Waals surface area contributed by atoms with Gasteiger partial charge in [-0.25, -0.2) is 0 Å². The van der Waals surface area contributed by atoms with Gasteiger partial charge in [-0.2, -0.15) is 0 Å². The number of nitrogens with two attached hydrogens (primary N) is 1. The van der Waals surface area contributed by atoms with Crippen LogP contribution in [0, 0.1) is 0 Å². The van der Waals surface area contributed by atoms with Crippen LogP contribution in [0.5, 0.6) is 0 Å². The molecule has 0 aliphatic heterocycles. The van der Waals surface area contributed by atoms with Gasteiger partial charge in [-0.15, -0.1) is 0 Å². The van der Waals surface area contributed by atoms with Gasteiger partial charge in [0.2, 0.25) is 0 Å². The number of benzene rings is 1. The lowest BCUT2D eigenvalue weighted by atomic mass is 9.95. The highest BCUT2D eigenvalue weighted by atomic mass is 16.3. The number of hydrogen-bond donors (Lipinski definition) is 2. The van der Waals surface area contributed by atoms with E-state index in [1.54, 1.807) is 0 Å². The van der Waals surface area contributed by atoms with E-state index in [1.165, 1.54) is 0 Å². The Hall–Kier alpha value is -0.860. The zero-order chi connectivity index (χ0) is 9.03. The first kappa shape index (κ1) is 9.23. The summed E-state index contributed by atoms with van der Waals surface area (Å²) in [4.78, 5) is 0. The van der Waals surface area contributed by atoms with E-state index in [1.807, 2.05) is 37.3 Å². The fourth-order valence-electron chi connectivity index (χ4n) is 1.12. The van der Waals surface area contributed by atoms with E-state index in [0.717, 1.165) is 5.56 Å². The highest BCUT2D eigenvalue weighted by molar-refractivity contribution is 5.17. The largest absolute Gasteiger partial charge is 0.394 e. The molecule has 1 rings (SSSR count). The van der Waals surface area contributed by atoms with Crippen LogP contribution >= 0.6 is 0 Å². The second-order valence-corrected chi connectivity index (χ2v) is 3.47. The average molecular weight is 165 g/mol. The molecule has 0 radical (unpaired) electrons. The predicted molar refractivity (Wildman–Crippen MR) is 49.8 cm³/mol. The third-order valence-electron chi connectivity index (χ3n) is 1.81. The van der Waals surface area contributed by atoms with E-state index >= 15 is 0 Å². The normalized spacial score (nSPS) is 15.6. The maximum atomic E-state index is 8.93. The van der Waals surface area contributed by atoms with Crippen molar-refractivity contribution in [1.29, 1.82) is 0 Å². The Kier molecular flexibility index (Phi) is 2.84. The second-order valence-electron chi connectivity index (χ2n) is 3.47. The summed E-state index contributed by atoms with van der Waals surface area (Å²) in [5.74, 6) is 0. The summed E-state index contributed by atoms with van der Waals surface area (Å²) in [6.45, 7) is 1.86. The van der Waals surface area contributed by atoms with Crippen LogP contribution in [0.2, 0.25) is 0 Å². The quantitative estimate of drug-likeness (QED) is 0.700. The molecule has 2 heteroatoms. The number of rotatable bonds is 3. The van der Waals surface area contributed by atoms with Crippen LogP contribution in [0.4, 0.5) is 0 Å². The van der Waals surface area contributed by atoms with Gasteiger partial charge in [0.25, 0.3) is 0 Å². The van der Waals surface area contributed by atoms with Gasteiger partial charge in [0.1, 0.15) is 0 Å². The lowest BCUT2D eigenvalue weighted by molar-refractivity contribution is 0.208. The molecule has 0 amide bonds. The molecule has 0 fully saturated rings. The Morgan fingerprint density at radius 2 is 1.92 bits per heavy atom. The molecular formula is C10H15NO. The van der Waals surface area contributed by atoms with E-state index in [-0.39, 0.29) is 6.61 Å². The average Bonchev–Trinajstić information content (AvgIpc) is 2.06. The molecule has 0 heterocycles.